The summed E-state index contributed by atoms with van der Waals surface area (Å²) in [5.74, 6) is 0.400. The third kappa shape index (κ3) is 1.31. The Morgan fingerprint density at radius 3 is 2.88 bits per heavy atom. The number of aryl methyl sites for hydroxylation is 1. The van der Waals surface area contributed by atoms with Crippen LogP contribution in [0.1, 0.15) is 0 Å². The fourth-order valence-electron chi connectivity index (χ4n) is 1.78. The van der Waals surface area contributed by atoms with Crippen LogP contribution in [-0.4, -0.2) is 14.5 Å². The molecule has 2 aromatic heterocycles. The summed E-state index contributed by atoms with van der Waals surface area (Å²) >= 11 is 0. The lowest BCUT2D eigenvalue weighted by Gasteiger charge is -1.88. The molecule has 0 spiro atoms. The third-order valence-electron chi connectivity index (χ3n) is 2.57. The lowest BCUT2D eigenvalue weighted by Crippen LogP contribution is -1.80. The van der Waals surface area contributed by atoms with E-state index >= 15 is 0 Å². The van der Waals surface area contributed by atoms with Gasteiger partial charge in [-0.2, -0.15) is 0 Å². The maximum absolute atomic E-state index is 13.4. The molecule has 0 amide bonds. The molecule has 80 valence electrons. The summed E-state index contributed by atoms with van der Waals surface area (Å²) in [4.78, 5) is 7.35. The Balaban J connectivity index is 2.22. The highest BCUT2D eigenvalue weighted by atomic mass is 19.1. The molecule has 3 aromatic rings. The van der Waals surface area contributed by atoms with Crippen molar-refractivity contribution < 1.29 is 4.39 Å². The summed E-state index contributed by atoms with van der Waals surface area (Å²) in [6.45, 7) is 0. The van der Waals surface area contributed by atoms with Crippen molar-refractivity contribution in [2.45, 2.75) is 0 Å². The van der Waals surface area contributed by atoms with Gasteiger partial charge in [0, 0.05) is 25.0 Å². The van der Waals surface area contributed by atoms with Crippen LogP contribution in [0.4, 0.5) is 4.39 Å². The van der Waals surface area contributed by atoms with Crippen LogP contribution < -0.4 is 0 Å². The largest absolute Gasteiger partial charge is 0.357 e. The van der Waals surface area contributed by atoms with E-state index in [1.807, 2.05) is 36.1 Å². The maximum atomic E-state index is 13.4. The van der Waals surface area contributed by atoms with Crippen LogP contribution in [0, 0.1) is 5.82 Å². The molecule has 0 radical (unpaired) electrons. The highest BCUT2D eigenvalue weighted by Gasteiger charge is 2.08. The van der Waals surface area contributed by atoms with Gasteiger partial charge in [-0.05, 0) is 18.2 Å². The first-order chi connectivity index (χ1) is 7.74. The van der Waals surface area contributed by atoms with E-state index in [1.54, 1.807) is 6.07 Å². The zero-order valence-corrected chi connectivity index (χ0v) is 8.74. The van der Waals surface area contributed by atoms with E-state index < -0.39 is 0 Å². The van der Waals surface area contributed by atoms with E-state index in [1.165, 1.54) is 6.07 Å². The van der Waals surface area contributed by atoms with Crippen LogP contribution in [0.25, 0.3) is 22.4 Å². The Hall–Kier alpha value is -2.10. The minimum Gasteiger partial charge on any atom is -0.357 e. The van der Waals surface area contributed by atoms with Gasteiger partial charge < -0.3 is 9.55 Å². The standard InChI is InChI=1S/C12H10FN3/c1-16-6-5-8(7-16)12-14-10-4-2-3-9(13)11(10)15-12/h2-7H,1H3,(H,14,15). The first-order valence-electron chi connectivity index (χ1n) is 5.00. The molecular formula is C12H10FN3. The first-order valence-corrected chi connectivity index (χ1v) is 5.00. The number of imidazole rings is 1. The Morgan fingerprint density at radius 1 is 1.31 bits per heavy atom. The van der Waals surface area contributed by atoms with Crippen molar-refractivity contribution in [3.63, 3.8) is 0 Å². The van der Waals surface area contributed by atoms with Crippen LogP contribution >= 0.6 is 0 Å². The topological polar surface area (TPSA) is 33.6 Å². The number of fused-ring (bicyclic) bond motifs is 1. The molecule has 16 heavy (non-hydrogen) atoms. The molecule has 0 aliphatic carbocycles. The molecule has 0 aliphatic rings. The van der Waals surface area contributed by atoms with Gasteiger partial charge in [-0.1, -0.05) is 6.07 Å². The van der Waals surface area contributed by atoms with Crippen LogP contribution in [0.15, 0.2) is 36.7 Å². The van der Waals surface area contributed by atoms with E-state index in [9.17, 15) is 4.39 Å². The number of aromatic nitrogens is 3. The Kier molecular flexibility index (Phi) is 1.83. The summed E-state index contributed by atoms with van der Waals surface area (Å²) in [5, 5.41) is 0. The van der Waals surface area contributed by atoms with E-state index in [0.717, 1.165) is 11.1 Å². The van der Waals surface area contributed by atoms with Crippen molar-refractivity contribution >= 4 is 11.0 Å². The molecule has 3 rings (SSSR count). The highest BCUT2D eigenvalue weighted by Crippen LogP contribution is 2.21. The van der Waals surface area contributed by atoms with E-state index in [0.29, 0.717) is 11.3 Å². The Labute approximate surface area is 91.5 Å². The molecule has 0 unspecified atom stereocenters. The molecule has 3 nitrogen and oxygen atoms in total. The average Bonchev–Trinajstić information content (AvgIpc) is 2.84. The summed E-state index contributed by atoms with van der Waals surface area (Å²) < 4.78 is 15.4. The van der Waals surface area contributed by atoms with Crippen LogP contribution in [-0.2, 0) is 7.05 Å². The number of benzene rings is 1. The average molecular weight is 215 g/mol. The number of H-pyrrole nitrogens is 1. The summed E-state index contributed by atoms with van der Waals surface area (Å²) in [6.07, 6.45) is 3.87. The second-order valence-electron chi connectivity index (χ2n) is 3.79. The van der Waals surface area contributed by atoms with E-state index in [-0.39, 0.29) is 5.82 Å². The number of rotatable bonds is 1. The fraction of sp³-hybridized carbons (Fsp3) is 0.0833. The number of nitrogens with zero attached hydrogens (tertiary/aromatic N) is 2. The third-order valence-corrected chi connectivity index (χ3v) is 2.57. The monoisotopic (exact) mass is 215 g/mol. The Bertz CT molecular complexity index is 651. The molecule has 2 heterocycles. The second kappa shape index (κ2) is 3.20. The maximum Gasteiger partial charge on any atom is 0.151 e. The molecule has 0 saturated heterocycles. The minimum atomic E-state index is -0.295. The van der Waals surface area contributed by atoms with Gasteiger partial charge in [0.15, 0.2) is 5.82 Å². The molecule has 0 aliphatic heterocycles. The van der Waals surface area contributed by atoms with Crippen molar-refractivity contribution in [2.24, 2.45) is 7.05 Å². The molecule has 1 aromatic carbocycles. The van der Waals surface area contributed by atoms with Gasteiger partial charge >= 0.3 is 0 Å². The van der Waals surface area contributed by atoms with Crippen molar-refractivity contribution in [3.05, 3.63) is 42.5 Å². The van der Waals surface area contributed by atoms with Gasteiger partial charge in [-0.25, -0.2) is 9.37 Å². The summed E-state index contributed by atoms with van der Waals surface area (Å²) in [5.41, 5.74) is 2.07. The lowest BCUT2D eigenvalue weighted by molar-refractivity contribution is 0.637. The second-order valence-corrected chi connectivity index (χ2v) is 3.79. The molecule has 0 saturated carbocycles. The predicted molar refractivity (Wildman–Crippen MR) is 60.5 cm³/mol. The molecule has 0 bridgehead atoms. The van der Waals surface area contributed by atoms with Gasteiger partial charge in [-0.15, -0.1) is 0 Å². The smallest absolute Gasteiger partial charge is 0.151 e. The number of aromatic amines is 1. The number of halogens is 1. The van der Waals surface area contributed by atoms with Crippen molar-refractivity contribution in [3.8, 4) is 11.4 Å². The lowest BCUT2D eigenvalue weighted by atomic mass is 10.3. The molecule has 0 fully saturated rings. The zero-order chi connectivity index (χ0) is 11.1. The SMILES string of the molecule is Cn1ccc(-c2nc3c(F)cccc3[nH]2)c1. The van der Waals surface area contributed by atoms with Crippen molar-refractivity contribution in [1.82, 2.24) is 14.5 Å². The highest BCUT2D eigenvalue weighted by molar-refractivity contribution is 5.79. The summed E-state index contributed by atoms with van der Waals surface area (Å²) in [6, 6.07) is 6.84. The van der Waals surface area contributed by atoms with Gasteiger partial charge in [-0.3, -0.25) is 0 Å². The number of hydrogen-bond donors (Lipinski definition) is 1. The minimum absolute atomic E-state index is 0.295. The molecule has 1 N–H and O–H groups in total. The summed E-state index contributed by atoms with van der Waals surface area (Å²) in [7, 11) is 1.94. The van der Waals surface area contributed by atoms with Crippen LogP contribution in [0.3, 0.4) is 0 Å². The normalized spacial score (nSPS) is 11.1. The predicted octanol–water partition coefficient (Wildman–Crippen LogP) is 2.71. The van der Waals surface area contributed by atoms with Crippen molar-refractivity contribution in [1.29, 1.82) is 0 Å². The number of para-hydroxylation sites is 1. The van der Waals surface area contributed by atoms with Gasteiger partial charge in [0.2, 0.25) is 0 Å². The van der Waals surface area contributed by atoms with Gasteiger partial charge in [0.05, 0.1) is 5.52 Å². The van der Waals surface area contributed by atoms with Crippen molar-refractivity contribution in [2.75, 3.05) is 0 Å². The quantitative estimate of drug-likeness (QED) is 0.665. The molecule has 4 heteroatoms. The van der Waals surface area contributed by atoms with Crippen LogP contribution in [0.2, 0.25) is 0 Å². The number of nitrogens with one attached hydrogen (secondary N) is 1. The van der Waals surface area contributed by atoms with Gasteiger partial charge in [0.25, 0.3) is 0 Å². The molecular weight excluding hydrogens is 205 g/mol. The fourth-order valence-corrected chi connectivity index (χ4v) is 1.78. The first kappa shape index (κ1) is 9.15. The Morgan fingerprint density at radius 2 is 2.19 bits per heavy atom. The number of hydrogen-bond acceptors (Lipinski definition) is 1. The van der Waals surface area contributed by atoms with Gasteiger partial charge in [0.1, 0.15) is 11.3 Å². The molecule has 0 atom stereocenters. The van der Waals surface area contributed by atoms with Crippen LogP contribution in [0.5, 0.6) is 0 Å². The van der Waals surface area contributed by atoms with E-state index in [2.05, 4.69) is 9.97 Å². The zero-order valence-electron chi connectivity index (χ0n) is 8.74. The van der Waals surface area contributed by atoms with E-state index in [4.69, 9.17) is 0 Å².